The van der Waals surface area contributed by atoms with Crippen LogP contribution in [-0.2, 0) is 22.4 Å². The van der Waals surface area contributed by atoms with E-state index in [1.807, 2.05) is 35.7 Å². The lowest BCUT2D eigenvalue weighted by atomic mass is 9.98. The molecule has 0 aliphatic carbocycles. The van der Waals surface area contributed by atoms with Crippen LogP contribution in [0.25, 0.3) is 0 Å². The molecule has 2 N–H and O–H groups in total. The van der Waals surface area contributed by atoms with Gasteiger partial charge in [-0.2, -0.15) is 0 Å². The highest BCUT2D eigenvalue weighted by atomic mass is 32.1. The van der Waals surface area contributed by atoms with Gasteiger partial charge in [0, 0.05) is 17.5 Å². The molecule has 0 saturated heterocycles. The van der Waals surface area contributed by atoms with Crippen molar-refractivity contribution in [1.82, 2.24) is 5.32 Å². The Balaban J connectivity index is 1.71. The van der Waals surface area contributed by atoms with E-state index in [2.05, 4.69) is 54.8 Å². The Kier molecular flexibility index (Phi) is 7.41. The van der Waals surface area contributed by atoms with Crippen molar-refractivity contribution in [3.05, 3.63) is 87.6 Å². The van der Waals surface area contributed by atoms with Crippen molar-refractivity contribution in [2.75, 3.05) is 5.32 Å². The second kappa shape index (κ2) is 10.2. The van der Waals surface area contributed by atoms with E-state index in [9.17, 15) is 9.59 Å². The fourth-order valence-electron chi connectivity index (χ4n) is 3.40. The Morgan fingerprint density at radius 1 is 0.933 bits per heavy atom. The number of amides is 2. The Morgan fingerprint density at radius 3 is 2.17 bits per heavy atom. The second-order valence-corrected chi connectivity index (χ2v) is 8.89. The van der Waals surface area contributed by atoms with Crippen LogP contribution in [0.3, 0.4) is 0 Å². The molecule has 3 aromatic rings. The molecule has 3 rings (SSSR count). The first-order valence-corrected chi connectivity index (χ1v) is 11.1. The van der Waals surface area contributed by atoms with Gasteiger partial charge in [0.05, 0.1) is 12.5 Å². The summed E-state index contributed by atoms with van der Waals surface area (Å²) in [4.78, 5) is 25.0. The molecule has 156 valence electrons. The Morgan fingerprint density at radius 2 is 1.60 bits per heavy atom. The summed E-state index contributed by atoms with van der Waals surface area (Å²) in [5.41, 5.74) is 4.02. The fraction of sp³-hybridized carbons (Fsp3) is 0.280. The van der Waals surface area contributed by atoms with Gasteiger partial charge in [-0.25, -0.2) is 0 Å². The van der Waals surface area contributed by atoms with Gasteiger partial charge >= 0.3 is 0 Å². The molecule has 1 heterocycles. The van der Waals surface area contributed by atoms with Crippen molar-refractivity contribution in [1.29, 1.82) is 0 Å². The number of hydrogen-bond donors (Lipinski definition) is 2. The number of benzene rings is 2. The summed E-state index contributed by atoms with van der Waals surface area (Å²) in [7, 11) is 0. The zero-order chi connectivity index (χ0) is 21.5. The highest BCUT2D eigenvalue weighted by Crippen LogP contribution is 2.27. The van der Waals surface area contributed by atoms with Gasteiger partial charge in [-0.15, -0.1) is 11.3 Å². The van der Waals surface area contributed by atoms with E-state index >= 15 is 0 Å². The van der Waals surface area contributed by atoms with Gasteiger partial charge in [0.2, 0.25) is 11.8 Å². The third-order valence-electron chi connectivity index (χ3n) is 4.73. The number of anilines is 1. The number of rotatable bonds is 8. The maximum atomic E-state index is 12.8. The number of carbonyl (C=O) groups excluding carboxylic acids is 2. The van der Waals surface area contributed by atoms with Gasteiger partial charge in [-0.3, -0.25) is 9.59 Å². The summed E-state index contributed by atoms with van der Waals surface area (Å²) in [6, 6.07) is 19.8. The van der Waals surface area contributed by atoms with Crippen LogP contribution in [0, 0.1) is 5.92 Å². The number of hydrogen-bond acceptors (Lipinski definition) is 3. The number of nitrogens with one attached hydrogen (secondary N) is 2. The van der Waals surface area contributed by atoms with E-state index in [0.29, 0.717) is 5.92 Å². The van der Waals surface area contributed by atoms with Gasteiger partial charge < -0.3 is 10.6 Å². The monoisotopic (exact) mass is 420 g/mol. The van der Waals surface area contributed by atoms with Gasteiger partial charge in [0.15, 0.2) is 0 Å². The summed E-state index contributed by atoms with van der Waals surface area (Å²) in [5, 5.41) is 7.96. The molecule has 2 aromatic carbocycles. The first kappa shape index (κ1) is 21.8. The summed E-state index contributed by atoms with van der Waals surface area (Å²) in [6.07, 6.45) is 1.33. The zero-order valence-electron chi connectivity index (χ0n) is 17.6. The summed E-state index contributed by atoms with van der Waals surface area (Å²) in [5.74, 6) is 0.464. The molecule has 0 saturated carbocycles. The fourth-order valence-corrected chi connectivity index (χ4v) is 4.20. The van der Waals surface area contributed by atoms with Crippen molar-refractivity contribution < 1.29 is 9.59 Å². The second-order valence-electron chi connectivity index (χ2n) is 7.91. The average molecular weight is 421 g/mol. The van der Waals surface area contributed by atoms with Crippen molar-refractivity contribution in [2.45, 2.75) is 39.7 Å². The van der Waals surface area contributed by atoms with Crippen molar-refractivity contribution in [3.63, 3.8) is 0 Å². The van der Waals surface area contributed by atoms with Crippen LogP contribution in [0.2, 0.25) is 0 Å². The molecule has 5 heteroatoms. The molecule has 0 spiro atoms. The van der Waals surface area contributed by atoms with E-state index < -0.39 is 0 Å². The lowest BCUT2D eigenvalue weighted by Gasteiger charge is -2.19. The number of thiophene rings is 1. The van der Waals surface area contributed by atoms with Crippen molar-refractivity contribution in [3.8, 4) is 0 Å². The van der Waals surface area contributed by atoms with Gasteiger partial charge in [-0.1, -0.05) is 56.3 Å². The third-order valence-corrected chi connectivity index (χ3v) is 5.67. The van der Waals surface area contributed by atoms with Gasteiger partial charge in [-0.05, 0) is 52.6 Å². The minimum absolute atomic E-state index is 0.0352. The Hall–Kier alpha value is -2.92. The minimum atomic E-state index is -0.163. The lowest BCUT2D eigenvalue weighted by molar-refractivity contribution is -0.121. The number of carbonyl (C=O) groups is 2. The topological polar surface area (TPSA) is 58.2 Å². The smallest absolute Gasteiger partial charge is 0.225 e. The zero-order valence-corrected chi connectivity index (χ0v) is 18.5. The highest BCUT2D eigenvalue weighted by Gasteiger charge is 2.18. The van der Waals surface area contributed by atoms with Gasteiger partial charge in [0.25, 0.3) is 0 Å². The predicted octanol–water partition coefficient (Wildman–Crippen LogP) is 5.35. The summed E-state index contributed by atoms with van der Waals surface area (Å²) < 4.78 is 0. The van der Waals surface area contributed by atoms with Crippen LogP contribution in [0.4, 0.5) is 5.69 Å². The molecule has 4 nitrogen and oxygen atoms in total. The molecule has 0 radical (unpaired) electrons. The first-order chi connectivity index (χ1) is 14.4. The van der Waals surface area contributed by atoms with Crippen molar-refractivity contribution >= 4 is 28.8 Å². The van der Waals surface area contributed by atoms with E-state index in [4.69, 9.17) is 0 Å². The maximum Gasteiger partial charge on any atom is 0.225 e. The SMILES string of the molecule is CC(=O)Nc1ccc(CC(=O)NC(c2ccc(CC(C)C)cc2)c2cccs2)cc1. The third kappa shape index (κ3) is 6.29. The van der Waals surface area contributed by atoms with E-state index in [-0.39, 0.29) is 24.3 Å². The molecule has 2 amide bonds. The molecule has 0 bridgehead atoms. The minimum Gasteiger partial charge on any atom is -0.344 e. The highest BCUT2D eigenvalue weighted by molar-refractivity contribution is 7.10. The normalized spacial score (nSPS) is 11.9. The maximum absolute atomic E-state index is 12.8. The van der Waals surface area contributed by atoms with E-state index in [0.717, 1.165) is 28.1 Å². The van der Waals surface area contributed by atoms with E-state index in [1.54, 1.807) is 11.3 Å². The molecule has 0 aliphatic rings. The molecule has 30 heavy (non-hydrogen) atoms. The summed E-state index contributed by atoms with van der Waals surface area (Å²) >= 11 is 1.64. The van der Waals surface area contributed by atoms with Crippen LogP contribution in [0.15, 0.2) is 66.0 Å². The van der Waals surface area contributed by atoms with Gasteiger partial charge in [0.1, 0.15) is 0 Å². The molecule has 0 fully saturated rings. The molecular formula is C25H28N2O2S. The standard InChI is InChI=1S/C25H28N2O2S/c1-17(2)15-19-6-10-21(11-7-19)25(23-5-4-14-30-23)27-24(29)16-20-8-12-22(13-9-20)26-18(3)28/h4-14,17,25H,15-16H2,1-3H3,(H,26,28)(H,27,29). The quantitative estimate of drug-likeness (QED) is 0.516. The van der Waals surface area contributed by atoms with E-state index in [1.165, 1.54) is 12.5 Å². The molecule has 0 aliphatic heterocycles. The van der Waals surface area contributed by atoms with Crippen molar-refractivity contribution in [2.24, 2.45) is 5.92 Å². The van der Waals surface area contributed by atoms with Crippen LogP contribution >= 0.6 is 11.3 Å². The van der Waals surface area contributed by atoms with Crippen LogP contribution < -0.4 is 10.6 Å². The predicted molar refractivity (Wildman–Crippen MR) is 124 cm³/mol. The molecule has 1 aromatic heterocycles. The van der Waals surface area contributed by atoms with Crippen LogP contribution in [0.1, 0.15) is 48.4 Å². The average Bonchev–Trinajstić information content (AvgIpc) is 3.22. The Bertz CT molecular complexity index is 961. The van der Waals surface area contributed by atoms with Crippen LogP contribution in [0.5, 0.6) is 0 Å². The Labute approximate surface area is 182 Å². The summed E-state index contributed by atoms with van der Waals surface area (Å²) in [6.45, 7) is 5.90. The largest absolute Gasteiger partial charge is 0.344 e. The lowest BCUT2D eigenvalue weighted by Crippen LogP contribution is -2.30. The molecular weight excluding hydrogens is 392 g/mol. The first-order valence-electron chi connectivity index (χ1n) is 10.2. The molecule has 1 unspecified atom stereocenters. The van der Waals surface area contributed by atoms with Crippen LogP contribution in [-0.4, -0.2) is 11.8 Å². The molecule has 1 atom stereocenters.